The Bertz CT molecular complexity index is 846. The molecule has 3 aromatic heterocycles. The van der Waals surface area contributed by atoms with Crippen LogP contribution in [0.4, 0.5) is 5.82 Å². The molecule has 1 saturated carbocycles. The van der Waals surface area contributed by atoms with E-state index in [1.165, 1.54) is 0 Å². The normalized spacial score (nSPS) is 21.3. The number of rotatable bonds is 3. The Morgan fingerprint density at radius 3 is 2.71 bits per heavy atom. The van der Waals surface area contributed by atoms with Crippen molar-refractivity contribution in [1.82, 2.24) is 15.0 Å². The predicted molar refractivity (Wildman–Crippen MR) is 93.0 cm³/mol. The number of H-pyrrole nitrogens is 1. The fourth-order valence-electron chi connectivity index (χ4n) is 3.40. The van der Waals surface area contributed by atoms with Gasteiger partial charge in [0.2, 0.25) is 0 Å². The Balaban J connectivity index is 1.76. The van der Waals surface area contributed by atoms with Gasteiger partial charge in [-0.05, 0) is 57.2 Å². The van der Waals surface area contributed by atoms with E-state index in [2.05, 4.69) is 22.2 Å². The van der Waals surface area contributed by atoms with Crippen LogP contribution >= 0.6 is 0 Å². The third-order valence-corrected chi connectivity index (χ3v) is 4.93. The van der Waals surface area contributed by atoms with Crippen LogP contribution in [0.3, 0.4) is 0 Å². The molecule has 3 heterocycles. The second kappa shape index (κ2) is 5.94. The fraction of sp³-hybridized carbons (Fsp3) is 0.444. The second-order valence-electron chi connectivity index (χ2n) is 6.62. The van der Waals surface area contributed by atoms with Crippen molar-refractivity contribution in [2.75, 3.05) is 5.32 Å². The topological polar surface area (TPSA) is 87.0 Å². The molecule has 0 aromatic carbocycles. The summed E-state index contributed by atoms with van der Waals surface area (Å²) in [6.07, 6.45) is 5.04. The van der Waals surface area contributed by atoms with E-state index in [1.807, 2.05) is 19.1 Å². The number of hydrogen-bond acceptors (Lipinski definition) is 5. The molecule has 6 heteroatoms. The molecular formula is C18H22N4O2. The summed E-state index contributed by atoms with van der Waals surface area (Å²) in [4.78, 5) is 12.7. The largest absolute Gasteiger partial charge is 0.461 e. The molecule has 4 rings (SSSR count). The summed E-state index contributed by atoms with van der Waals surface area (Å²) in [5.41, 5.74) is 3.08. The van der Waals surface area contributed by atoms with Gasteiger partial charge in [-0.3, -0.25) is 0 Å². The van der Waals surface area contributed by atoms with Gasteiger partial charge in [-0.2, -0.15) is 0 Å². The number of nitrogens with zero attached hydrogens (tertiary/aromatic N) is 2. The van der Waals surface area contributed by atoms with Crippen LogP contribution in [0.15, 0.2) is 22.8 Å². The first kappa shape index (κ1) is 15.2. The maximum absolute atomic E-state index is 9.71. The molecule has 0 spiro atoms. The van der Waals surface area contributed by atoms with Gasteiger partial charge in [0, 0.05) is 11.7 Å². The quantitative estimate of drug-likeness (QED) is 0.685. The minimum absolute atomic E-state index is 0.164. The molecule has 0 amide bonds. The fourth-order valence-corrected chi connectivity index (χ4v) is 3.40. The van der Waals surface area contributed by atoms with E-state index in [1.54, 1.807) is 6.26 Å². The molecule has 0 aliphatic heterocycles. The molecule has 0 saturated heterocycles. The molecule has 0 radical (unpaired) electrons. The minimum atomic E-state index is -0.164. The van der Waals surface area contributed by atoms with Crippen molar-refractivity contribution in [3.63, 3.8) is 0 Å². The molecule has 0 bridgehead atoms. The van der Waals surface area contributed by atoms with Gasteiger partial charge < -0.3 is 19.8 Å². The average Bonchev–Trinajstić information content (AvgIpc) is 3.19. The summed E-state index contributed by atoms with van der Waals surface area (Å²) in [6.45, 7) is 4.13. The number of fused-ring (bicyclic) bond motifs is 1. The van der Waals surface area contributed by atoms with Crippen LogP contribution in [-0.2, 0) is 0 Å². The first-order valence-corrected chi connectivity index (χ1v) is 8.47. The first-order valence-electron chi connectivity index (χ1n) is 8.47. The molecule has 0 unspecified atom stereocenters. The van der Waals surface area contributed by atoms with Gasteiger partial charge in [0.05, 0.1) is 17.8 Å². The highest BCUT2D eigenvalue weighted by Crippen LogP contribution is 2.31. The number of aromatic amines is 1. The summed E-state index contributed by atoms with van der Waals surface area (Å²) in [6, 6.07) is 4.03. The van der Waals surface area contributed by atoms with Crippen molar-refractivity contribution < 1.29 is 9.52 Å². The van der Waals surface area contributed by atoms with Crippen molar-refractivity contribution in [2.45, 2.75) is 51.7 Å². The van der Waals surface area contributed by atoms with Crippen molar-refractivity contribution >= 4 is 16.9 Å². The smallest absolute Gasteiger partial charge is 0.199 e. The summed E-state index contributed by atoms with van der Waals surface area (Å²) in [7, 11) is 0. The van der Waals surface area contributed by atoms with E-state index >= 15 is 0 Å². The van der Waals surface area contributed by atoms with Crippen molar-refractivity contribution in [1.29, 1.82) is 0 Å². The van der Waals surface area contributed by atoms with Gasteiger partial charge in [-0.1, -0.05) is 0 Å². The number of aliphatic hydroxyl groups is 1. The Hall–Kier alpha value is -2.34. The van der Waals surface area contributed by atoms with Gasteiger partial charge in [-0.25, -0.2) is 9.97 Å². The van der Waals surface area contributed by atoms with E-state index in [0.717, 1.165) is 53.8 Å². The molecule has 3 N–H and O–H groups in total. The Morgan fingerprint density at radius 1 is 1.21 bits per heavy atom. The Kier molecular flexibility index (Phi) is 3.76. The highest BCUT2D eigenvalue weighted by atomic mass is 16.3. The zero-order chi connectivity index (χ0) is 16.7. The number of anilines is 1. The van der Waals surface area contributed by atoms with Crippen LogP contribution in [0.25, 0.3) is 22.6 Å². The van der Waals surface area contributed by atoms with Crippen LogP contribution in [0.5, 0.6) is 0 Å². The lowest BCUT2D eigenvalue weighted by molar-refractivity contribution is 0.126. The third-order valence-electron chi connectivity index (χ3n) is 4.93. The number of furan rings is 1. The zero-order valence-electron chi connectivity index (χ0n) is 14.0. The molecule has 3 aromatic rings. The highest BCUT2D eigenvalue weighted by molar-refractivity contribution is 5.92. The molecule has 1 aliphatic rings. The summed E-state index contributed by atoms with van der Waals surface area (Å²) in [5, 5.41) is 14.3. The first-order chi connectivity index (χ1) is 11.6. The van der Waals surface area contributed by atoms with Crippen molar-refractivity contribution in [3.8, 4) is 11.6 Å². The van der Waals surface area contributed by atoms with E-state index in [4.69, 9.17) is 9.40 Å². The molecular weight excluding hydrogens is 304 g/mol. The van der Waals surface area contributed by atoms with Gasteiger partial charge in [-0.15, -0.1) is 0 Å². The van der Waals surface area contributed by atoms with Gasteiger partial charge >= 0.3 is 0 Å². The van der Waals surface area contributed by atoms with Crippen LogP contribution in [0, 0.1) is 13.8 Å². The summed E-state index contributed by atoms with van der Waals surface area (Å²) >= 11 is 0. The van der Waals surface area contributed by atoms with E-state index < -0.39 is 0 Å². The second-order valence-corrected chi connectivity index (χ2v) is 6.62. The number of aryl methyl sites for hydroxylation is 2. The van der Waals surface area contributed by atoms with E-state index in [0.29, 0.717) is 17.6 Å². The summed E-state index contributed by atoms with van der Waals surface area (Å²) < 4.78 is 5.46. The maximum atomic E-state index is 9.71. The molecule has 1 fully saturated rings. The molecule has 0 atom stereocenters. The SMILES string of the molecule is Cc1[nH]c2nc(-c3ccco3)nc(NC3CCC(O)CC3)c2c1C. The summed E-state index contributed by atoms with van der Waals surface area (Å²) in [5.74, 6) is 2.07. The van der Waals surface area contributed by atoms with E-state index in [-0.39, 0.29) is 6.10 Å². The third kappa shape index (κ3) is 2.67. The van der Waals surface area contributed by atoms with Gasteiger partial charge in [0.25, 0.3) is 0 Å². The lowest BCUT2D eigenvalue weighted by atomic mass is 9.93. The average molecular weight is 326 g/mol. The lowest BCUT2D eigenvalue weighted by Gasteiger charge is -2.27. The molecule has 1 aliphatic carbocycles. The zero-order valence-corrected chi connectivity index (χ0v) is 14.0. The van der Waals surface area contributed by atoms with Crippen molar-refractivity contribution in [3.05, 3.63) is 29.7 Å². The highest BCUT2D eigenvalue weighted by Gasteiger charge is 2.22. The molecule has 24 heavy (non-hydrogen) atoms. The number of aromatic nitrogens is 3. The Labute approximate surface area is 140 Å². The van der Waals surface area contributed by atoms with Crippen LogP contribution in [-0.4, -0.2) is 32.2 Å². The van der Waals surface area contributed by atoms with Crippen molar-refractivity contribution in [2.24, 2.45) is 0 Å². The van der Waals surface area contributed by atoms with Gasteiger partial charge in [0.1, 0.15) is 11.5 Å². The number of nitrogens with one attached hydrogen (secondary N) is 2. The number of hydrogen-bond donors (Lipinski definition) is 3. The van der Waals surface area contributed by atoms with Crippen LogP contribution in [0.1, 0.15) is 36.9 Å². The lowest BCUT2D eigenvalue weighted by Crippen LogP contribution is -2.28. The van der Waals surface area contributed by atoms with E-state index in [9.17, 15) is 5.11 Å². The maximum Gasteiger partial charge on any atom is 0.199 e. The predicted octanol–water partition coefficient (Wildman–Crippen LogP) is 3.55. The molecule has 126 valence electrons. The number of aliphatic hydroxyl groups excluding tert-OH is 1. The minimum Gasteiger partial charge on any atom is -0.461 e. The standard InChI is InChI=1S/C18H22N4O2/c1-10-11(2)19-17-15(10)18(20-12-5-7-13(23)8-6-12)22-16(21-17)14-4-3-9-24-14/h3-4,9,12-13,23H,5-8H2,1-2H3,(H2,19,20,21,22). The van der Waals surface area contributed by atoms with Crippen LogP contribution < -0.4 is 5.32 Å². The Morgan fingerprint density at radius 2 is 2.00 bits per heavy atom. The van der Waals surface area contributed by atoms with Crippen LogP contribution in [0.2, 0.25) is 0 Å². The monoisotopic (exact) mass is 326 g/mol. The van der Waals surface area contributed by atoms with Gasteiger partial charge in [0.15, 0.2) is 11.6 Å². The molecule has 6 nitrogen and oxygen atoms in total.